The molecule has 0 saturated carbocycles. The van der Waals surface area contributed by atoms with Gasteiger partial charge in [0.1, 0.15) is 11.6 Å². The minimum atomic E-state index is -4.52. The van der Waals surface area contributed by atoms with Crippen molar-refractivity contribution in [3.63, 3.8) is 0 Å². The summed E-state index contributed by atoms with van der Waals surface area (Å²) in [6.45, 7) is 0.915. The van der Waals surface area contributed by atoms with E-state index in [1.54, 1.807) is 6.92 Å². The zero-order valence-corrected chi connectivity index (χ0v) is 14.6. The monoisotopic (exact) mass is 400 g/mol. The van der Waals surface area contributed by atoms with Gasteiger partial charge in [0.05, 0.1) is 0 Å². The molecule has 1 aromatic heterocycles. The Kier molecular flexibility index (Phi) is 5.25. The van der Waals surface area contributed by atoms with Gasteiger partial charge in [-0.05, 0) is 37.6 Å². The van der Waals surface area contributed by atoms with Gasteiger partial charge < -0.3 is 15.4 Å². The van der Waals surface area contributed by atoms with E-state index < -0.39 is 42.6 Å². The molecule has 1 aromatic carbocycles. The molecule has 0 spiro atoms. The molecule has 0 fully saturated rings. The molecule has 2 atom stereocenters. The van der Waals surface area contributed by atoms with Gasteiger partial charge in [0, 0.05) is 17.8 Å². The van der Waals surface area contributed by atoms with Gasteiger partial charge >= 0.3 is 12.1 Å². The maximum absolute atomic E-state index is 13.2. The maximum Gasteiger partial charge on any atom is 0.410 e. The lowest BCUT2D eigenvalue weighted by atomic mass is 10.1. The number of anilines is 2. The van der Waals surface area contributed by atoms with Gasteiger partial charge in [-0.3, -0.25) is 4.79 Å². The average Bonchev–Trinajstić information content (AvgIpc) is 3.04. The molecule has 1 aliphatic rings. The molecule has 0 saturated heterocycles. The third-order valence-electron chi connectivity index (χ3n) is 4.05. The Bertz CT molecular complexity index is 880. The van der Waals surface area contributed by atoms with Crippen LogP contribution in [-0.2, 0) is 9.53 Å². The second kappa shape index (κ2) is 7.49. The zero-order valence-electron chi connectivity index (χ0n) is 14.6. The van der Waals surface area contributed by atoms with Crippen LogP contribution in [-0.4, -0.2) is 40.5 Å². The van der Waals surface area contributed by atoms with Crippen LogP contribution in [0, 0.1) is 5.82 Å². The van der Waals surface area contributed by atoms with Crippen molar-refractivity contribution in [2.24, 2.45) is 0 Å². The highest BCUT2D eigenvalue weighted by Crippen LogP contribution is 2.39. The fraction of sp³-hybridized carbons (Fsp3) is 0.353. The Balaban J connectivity index is 1.64. The minimum Gasteiger partial charge on any atom is -0.451 e. The number of carbonyl (C=O) groups is 2. The van der Waals surface area contributed by atoms with E-state index in [1.165, 1.54) is 12.1 Å². The van der Waals surface area contributed by atoms with E-state index in [-0.39, 0.29) is 17.9 Å². The molecule has 3 rings (SSSR count). The first kappa shape index (κ1) is 19.6. The molecule has 1 amide bonds. The summed E-state index contributed by atoms with van der Waals surface area (Å²) >= 11 is 0. The van der Waals surface area contributed by atoms with Crippen molar-refractivity contribution in [3.8, 4) is 0 Å². The van der Waals surface area contributed by atoms with Crippen LogP contribution in [0.25, 0.3) is 0 Å². The lowest BCUT2D eigenvalue weighted by molar-refractivity contribution is -0.173. The van der Waals surface area contributed by atoms with Crippen molar-refractivity contribution in [1.82, 2.24) is 9.78 Å². The first-order valence-electron chi connectivity index (χ1n) is 8.29. The van der Waals surface area contributed by atoms with Gasteiger partial charge in [-0.2, -0.15) is 18.3 Å². The predicted molar refractivity (Wildman–Crippen MR) is 90.3 cm³/mol. The molecule has 2 N–H and O–H groups in total. The van der Waals surface area contributed by atoms with Crippen LogP contribution in [0.2, 0.25) is 0 Å². The van der Waals surface area contributed by atoms with Crippen LogP contribution < -0.4 is 10.6 Å². The number of amides is 1. The number of benzene rings is 1. The molecule has 2 heterocycles. The third kappa shape index (κ3) is 4.41. The van der Waals surface area contributed by atoms with Crippen molar-refractivity contribution in [3.05, 3.63) is 41.8 Å². The molecule has 150 valence electrons. The van der Waals surface area contributed by atoms with Crippen molar-refractivity contribution < 1.29 is 31.9 Å². The number of hydrogen-bond acceptors (Lipinski definition) is 5. The number of carbonyl (C=O) groups excluding carboxylic acids is 2. The maximum atomic E-state index is 13.2. The topological polar surface area (TPSA) is 85.2 Å². The normalized spacial score (nSPS) is 18.8. The van der Waals surface area contributed by atoms with Gasteiger partial charge in [-0.1, -0.05) is 0 Å². The number of aromatic nitrogens is 2. The van der Waals surface area contributed by atoms with E-state index in [4.69, 9.17) is 4.74 Å². The lowest BCUT2D eigenvalue weighted by Crippen LogP contribution is -2.37. The van der Waals surface area contributed by atoms with Crippen LogP contribution in [0.5, 0.6) is 0 Å². The largest absolute Gasteiger partial charge is 0.451 e. The highest BCUT2D eigenvalue weighted by molar-refractivity contribution is 5.95. The number of nitrogens with one attached hydrogen (secondary N) is 2. The molecule has 7 nitrogen and oxygen atoms in total. The quantitative estimate of drug-likeness (QED) is 0.609. The van der Waals surface area contributed by atoms with E-state index in [0.29, 0.717) is 10.4 Å². The van der Waals surface area contributed by atoms with E-state index in [9.17, 15) is 27.2 Å². The van der Waals surface area contributed by atoms with E-state index in [0.717, 1.165) is 18.2 Å². The number of alkyl halides is 3. The summed E-state index contributed by atoms with van der Waals surface area (Å²) < 4.78 is 58.0. The van der Waals surface area contributed by atoms with E-state index in [1.807, 2.05) is 0 Å². The number of ether oxygens (including phenoxy) is 1. The Morgan fingerprint density at radius 2 is 2.00 bits per heavy atom. The SMILES string of the molecule is C[C@@H]1C[C@H](C(F)(F)F)n2nc(C(=O)OCC(=O)Nc3ccc(F)cc3)cc2N1. The van der Waals surface area contributed by atoms with Gasteiger partial charge in [0.15, 0.2) is 18.3 Å². The van der Waals surface area contributed by atoms with Crippen molar-refractivity contribution in [1.29, 1.82) is 0 Å². The van der Waals surface area contributed by atoms with Crippen LogP contribution in [0.3, 0.4) is 0 Å². The van der Waals surface area contributed by atoms with Gasteiger partial charge in [0.25, 0.3) is 5.91 Å². The number of rotatable bonds is 4. The van der Waals surface area contributed by atoms with Crippen molar-refractivity contribution in [2.75, 3.05) is 17.2 Å². The molecule has 1 aliphatic heterocycles. The molecule has 28 heavy (non-hydrogen) atoms. The number of fused-ring (bicyclic) bond motifs is 1. The Labute approximate surface area is 156 Å². The summed E-state index contributed by atoms with van der Waals surface area (Å²) in [5.74, 6) is -2.16. The summed E-state index contributed by atoms with van der Waals surface area (Å²) in [5.41, 5.74) is -0.0495. The Morgan fingerprint density at radius 1 is 1.32 bits per heavy atom. The van der Waals surface area contributed by atoms with Crippen LogP contribution in [0.15, 0.2) is 30.3 Å². The lowest BCUT2D eigenvalue weighted by Gasteiger charge is -2.31. The van der Waals surface area contributed by atoms with Crippen LogP contribution in [0.4, 0.5) is 29.1 Å². The number of hydrogen-bond donors (Lipinski definition) is 2. The molecule has 2 aromatic rings. The molecule has 0 aliphatic carbocycles. The molecular formula is C17H16F4N4O3. The standard InChI is InChI=1S/C17H16F4N4O3/c1-9-6-13(17(19,20)21)25-14(22-9)7-12(24-25)16(27)28-8-15(26)23-11-4-2-10(18)3-5-11/h2-5,7,9,13,22H,6,8H2,1H3,(H,23,26)/t9-,13-/m1/s1. The average molecular weight is 400 g/mol. The van der Waals surface area contributed by atoms with E-state index >= 15 is 0 Å². The second-order valence-corrected chi connectivity index (χ2v) is 6.33. The molecule has 0 unspecified atom stereocenters. The molecule has 0 bridgehead atoms. The first-order chi connectivity index (χ1) is 13.1. The van der Waals surface area contributed by atoms with Crippen molar-refractivity contribution in [2.45, 2.75) is 31.6 Å². The van der Waals surface area contributed by atoms with Gasteiger partial charge in [-0.15, -0.1) is 0 Å². The number of nitrogens with zero attached hydrogens (tertiary/aromatic N) is 2. The minimum absolute atomic E-state index is 0.0452. The summed E-state index contributed by atoms with van der Waals surface area (Å²) in [4.78, 5) is 23.9. The Hall–Kier alpha value is -3.11. The van der Waals surface area contributed by atoms with Gasteiger partial charge in [-0.25, -0.2) is 13.9 Å². The first-order valence-corrected chi connectivity index (χ1v) is 8.29. The molecule has 0 radical (unpaired) electrons. The summed E-state index contributed by atoms with van der Waals surface area (Å²) in [5, 5.41) is 8.90. The van der Waals surface area contributed by atoms with Crippen LogP contribution >= 0.6 is 0 Å². The summed E-state index contributed by atoms with van der Waals surface area (Å²) in [6.07, 6.45) is -4.75. The smallest absolute Gasteiger partial charge is 0.410 e. The molecular weight excluding hydrogens is 384 g/mol. The number of halogens is 4. The summed E-state index contributed by atoms with van der Waals surface area (Å²) in [6, 6.07) is 3.76. The fourth-order valence-electron chi connectivity index (χ4n) is 2.79. The molecule has 11 heteroatoms. The zero-order chi connectivity index (χ0) is 20.5. The van der Waals surface area contributed by atoms with E-state index in [2.05, 4.69) is 15.7 Å². The highest BCUT2D eigenvalue weighted by atomic mass is 19.4. The number of esters is 1. The van der Waals surface area contributed by atoms with Gasteiger partial charge in [0.2, 0.25) is 0 Å². The highest BCUT2D eigenvalue weighted by Gasteiger charge is 2.45. The van der Waals surface area contributed by atoms with Crippen LogP contribution in [0.1, 0.15) is 29.9 Å². The third-order valence-corrected chi connectivity index (χ3v) is 4.05. The predicted octanol–water partition coefficient (Wildman–Crippen LogP) is 3.13. The Morgan fingerprint density at radius 3 is 2.64 bits per heavy atom. The second-order valence-electron chi connectivity index (χ2n) is 6.33. The summed E-state index contributed by atoms with van der Waals surface area (Å²) in [7, 11) is 0. The van der Waals surface area contributed by atoms with Crippen molar-refractivity contribution >= 4 is 23.4 Å². The fourth-order valence-corrected chi connectivity index (χ4v) is 2.79.